The average molecular weight is 254 g/mol. The fraction of sp³-hybridized carbons (Fsp3) is 0.364. The van der Waals surface area contributed by atoms with Crippen LogP contribution in [0.15, 0.2) is 18.2 Å². The molecule has 7 heteroatoms. The van der Waals surface area contributed by atoms with Gasteiger partial charge in [0.1, 0.15) is 0 Å². The van der Waals surface area contributed by atoms with Crippen LogP contribution < -0.4 is 4.90 Å². The van der Waals surface area contributed by atoms with Crippen LogP contribution in [-0.2, 0) is 4.79 Å². The van der Waals surface area contributed by atoms with Gasteiger partial charge in [-0.3, -0.25) is 14.9 Å². The van der Waals surface area contributed by atoms with Crippen molar-refractivity contribution in [3.63, 3.8) is 0 Å². The zero-order chi connectivity index (χ0) is 13.3. The van der Waals surface area contributed by atoms with E-state index in [1.54, 1.807) is 0 Å². The minimum Gasteiger partial charge on any atom is -0.481 e. The lowest BCUT2D eigenvalue weighted by molar-refractivity contribution is -0.384. The van der Waals surface area contributed by atoms with E-state index in [4.69, 9.17) is 5.11 Å². The Kier molecular flexibility index (Phi) is 3.14. The summed E-state index contributed by atoms with van der Waals surface area (Å²) in [6.07, 6.45) is 0.362. The topological polar surface area (TPSA) is 83.7 Å². The molecule has 0 aliphatic carbocycles. The van der Waals surface area contributed by atoms with E-state index in [1.165, 1.54) is 17.0 Å². The van der Waals surface area contributed by atoms with Gasteiger partial charge in [-0.2, -0.15) is 0 Å². The molecule has 18 heavy (non-hydrogen) atoms. The van der Waals surface area contributed by atoms with E-state index in [9.17, 15) is 19.3 Å². The molecule has 1 heterocycles. The molecule has 0 saturated carbocycles. The van der Waals surface area contributed by atoms with Gasteiger partial charge in [-0.25, -0.2) is 4.39 Å². The number of aliphatic carboxylic acids is 1. The highest BCUT2D eigenvalue weighted by molar-refractivity contribution is 5.73. The van der Waals surface area contributed by atoms with Crippen LogP contribution in [0.4, 0.5) is 15.8 Å². The van der Waals surface area contributed by atoms with Crippen molar-refractivity contribution < 1.29 is 19.2 Å². The number of nitro benzene ring substituents is 1. The Hall–Kier alpha value is -2.18. The van der Waals surface area contributed by atoms with Gasteiger partial charge < -0.3 is 10.0 Å². The SMILES string of the molecule is O=C(O)C1CCN(c2c(F)cccc2[N+](=O)[O-])C1. The summed E-state index contributed by atoms with van der Waals surface area (Å²) in [5.41, 5.74) is -0.452. The molecule has 1 aliphatic rings. The number of hydrogen-bond acceptors (Lipinski definition) is 4. The summed E-state index contributed by atoms with van der Waals surface area (Å²) in [5, 5.41) is 19.7. The Labute approximate surface area is 102 Å². The molecule has 0 bridgehead atoms. The molecule has 0 aromatic heterocycles. The summed E-state index contributed by atoms with van der Waals surface area (Å²) in [5.74, 6) is -2.27. The second kappa shape index (κ2) is 4.59. The molecular formula is C11H11FN2O4. The molecular weight excluding hydrogens is 243 g/mol. The molecule has 1 atom stereocenters. The molecule has 1 aliphatic heterocycles. The minimum absolute atomic E-state index is 0.0944. The summed E-state index contributed by atoms with van der Waals surface area (Å²) in [4.78, 5) is 22.4. The summed E-state index contributed by atoms with van der Waals surface area (Å²) in [6.45, 7) is 0.399. The van der Waals surface area contributed by atoms with Crippen molar-refractivity contribution in [1.82, 2.24) is 0 Å². The van der Waals surface area contributed by atoms with Gasteiger partial charge in [-0.05, 0) is 12.5 Å². The number of carbonyl (C=O) groups is 1. The van der Waals surface area contributed by atoms with Gasteiger partial charge in [0.05, 0.1) is 10.8 Å². The standard InChI is InChI=1S/C11H11FN2O4/c12-8-2-1-3-9(14(17)18)10(8)13-5-4-7(6-13)11(15)16/h1-3,7H,4-6H2,(H,15,16). The van der Waals surface area contributed by atoms with Crippen molar-refractivity contribution in [1.29, 1.82) is 0 Å². The van der Waals surface area contributed by atoms with Gasteiger partial charge in [0.2, 0.25) is 0 Å². The molecule has 96 valence electrons. The molecule has 1 aromatic rings. The fourth-order valence-corrected chi connectivity index (χ4v) is 2.13. The lowest BCUT2D eigenvalue weighted by Crippen LogP contribution is -2.24. The third-order valence-electron chi connectivity index (χ3n) is 3.02. The van der Waals surface area contributed by atoms with Crippen LogP contribution in [0.3, 0.4) is 0 Å². The highest BCUT2D eigenvalue weighted by atomic mass is 19.1. The predicted molar refractivity (Wildman–Crippen MR) is 61.0 cm³/mol. The molecule has 1 unspecified atom stereocenters. The van der Waals surface area contributed by atoms with Gasteiger partial charge in [0, 0.05) is 19.2 Å². The Balaban J connectivity index is 2.34. The van der Waals surface area contributed by atoms with Gasteiger partial charge in [-0.1, -0.05) is 6.07 Å². The van der Waals surface area contributed by atoms with Crippen LogP contribution >= 0.6 is 0 Å². The van der Waals surface area contributed by atoms with Crippen molar-refractivity contribution in [2.24, 2.45) is 5.92 Å². The van der Waals surface area contributed by atoms with Crippen LogP contribution in [0.25, 0.3) is 0 Å². The summed E-state index contributed by atoms with van der Waals surface area (Å²) in [7, 11) is 0. The average Bonchev–Trinajstić information content (AvgIpc) is 2.77. The molecule has 0 radical (unpaired) electrons. The van der Waals surface area contributed by atoms with E-state index < -0.39 is 22.6 Å². The van der Waals surface area contributed by atoms with E-state index in [-0.39, 0.29) is 17.9 Å². The first kappa shape index (κ1) is 12.3. The number of carboxylic acids is 1. The molecule has 0 spiro atoms. The lowest BCUT2D eigenvalue weighted by Gasteiger charge is -2.18. The predicted octanol–water partition coefficient (Wildman–Crippen LogP) is 1.64. The quantitative estimate of drug-likeness (QED) is 0.654. The Bertz CT molecular complexity index is 506. The minimum atomic E-state index is -0.962. The van der Waals surface area contributed by atoms with Crippen molar-refractivity contribution in [2.75, 3.05) is 18.0 Å². The largest absolute Gasteiger partial charge is 0.481 e. The third-order valence-corrected chi connectivity index (χ3v) is 3.02. The van der Waals surface area contributed by atoms with E-state index in [1.807, 2.05) is 0 Å². The Morgan fingerprint density at radius 2 is 2.28 bits per heavy atom. The summed E-state index contributed by atoms with van der Waals surface area (Å²) in [6, 6.07) is 3.62. The first-order valence-electron chi connectivity index (χ1n) is 5.41. The van der Waals surface area contributed by atoms with Crippen molar-refractivity contribution in [2.45, 2.75) is 6.42 Å². The molecule has 2 rings (SSSR count). The normalized spacial score (nSPS) is 18.9. The molecule has 1 N–H and O–H groups in total. The number of halogens is 1. The van der Waals surface area contributed by atoms with E-state index in [0.29, 0.717) is 13.0 Å². The Morgan fingerprint density at radius 3 is 2.83 bits per heavy atom. The number of para-hydroxylation sites is 1. The number of anilines is 1. The van der Waals surface area contributed by atoms with Crippen LogP contribution in [0.2, 0.25) is 0 Å². The van der Waals surface area contributed by atoms with Crippen LogP contribution in [-0.4, -0.2) is 29.1 Å². The van der Waals surface area contributed by atoms with Gasteiger partial charge >= 0.3 is 5.97 Å². The monoisotopic (exact) mass is 254 g/mol. The second-order valence-electron chi connectivity index (χ2n) is 4.13. The first-order valence-corrected chi connectivity index (χ1v) is 5.41. The zero-order valence-corrected chi connectivity index (χ0v) is 9.38. The molecule has 0 amide bonds. The fourth-order valence-electron chi connectivity index (χ4n) is 2.13. The van der Waals surface area contributed by atoms with Crippen LogP contribution in [0.1, 0.15) is 6.42 Å². The highest BCUT2D eigenvalue weighted by Gasteiger charge is 2.33. The Morgan fingerprint density at radius 1 is 1.56 bits per heavy atom. The number of benzene rings is 1. The maximum atomic E-state index is 13.7. The van der Waals surface area contributed by atoms with E-state index >= 15 is 0 Å². The van der Waals surface area contributed by atoms with Crippen molar-refractivity contribution >= 4 is 17.3 Å². The van der Waals surface area contributed by atoms with Crippen molar-refractivity contribution in [3.05, 3.63) is 34.1 Å². The summed E-state index contributed by atoms with van der Waals surface area (Å²) < 4.78 is 13.7. The smallest absolute Gasteiger partial charge is 0.308 e. The second-order valence-corrected chi connectivity index (χ2v) is 4.13. The number of hydrogen-bond donors (Lipinski definition) is 1. The maximum Gasteiger partial charge on any atom is 0.308 e. The molecule has 1 aromatic carbocycles. The van der Waals surface area contributed by atoms with Crippen LogP contribution in [0, 0.1) is 21.8 Å². The number of nitro groups is 1. The lowest BCUT2D eigenvalue weighted by atomic mass is 10.1. The third kappa shape index (κ3) is 2.11. The van der Waals surface area contributed by atoms with Gasteiger partial charge in [0.25, 0.3) is 5.69 Å². The zero-order valence-electron chi connectivity index (χ0n) is 9.38. The molecule has 1 saturated heterocycles. The first-order chi connectivity index (χ1) is 8.50. The van der Waals surface area contributed by atoms with Crippen LogP contribution in [0.5, 0.6) is 0 Å². The number of rotatable bonds is 3. The molecule has 6 nitrogen and oxygen atoms in total. The number of carboxylic acid groups (broad SMARTS) is 1. The van der Waals surface area contributed by atoms with Crippen molar-refractivity contribution in [3.8, 4) is 0 Å². The van der Waals surface area contributed by atoms with E-state index in [2.05, 4.69) is 0 Å². The van der Waals surface area contributed by atoms with Gasteiger partial charge in [-0.15, -0.1) is 0 Å². The molecule has 1 fully saturated rings. The van der Waals surface area contributed by atoms with E-state index in [0.717, 1.165) is 6.07 Å². The highest BCUT2D eigenvalue weighted by Crippen LogP contribution is 2.34. The number of nitrogens with zero attached hydrogens (tertiary/aromatic N) is 2. The maximum absolute atomic E-state index is 13.7. The summed E-state index contributed by atoms with van der Waals surface area (Å²) >= 11 is 0. The van der Waals surface area contributed by atoms with Gasteiger partial charge in [0.15, 0.2) is 11.5 Å².